The van der Waals surface area contributed by atoms with Gasteiger partial charge in [-0.3, -0.25) is 43.2 Å². The first-order chi connectivity index (χ1) is 70.1. The molecule has 0 aromatic heterocycles. The quantitative estimate of drug-likeness (QED) is 0.00574. The maximum Gasteiger partial charge on any atom is 0.407 e. The molecule has 0 heterocycles. The smallest absolute Gasteiger partial charge is 0.407 e. The molecule has 40 heteroatoms. The average Bonchev–Trinajstić information content (AvgIpc) is 1.62. The van der Waals surface area contributed by atoms with Gasteiger partial charge in [0.25, 0.3) is 0 Å². The topological polar surface area (TPSA) is 447 Å². The fourth-order valence-electron chi connectivity index (χ4n) is 15.1. The van der Waals surface area contributed by atoms with E-state index in [4.69, 9.17) is 59.4 Å². The maximum absolute atomic E-state index is 13.0. The molecule has 9 aromatic rings. The van der Waals surface area contributed by atoms with Crippen LogP contribution >= 0.6 is 11.6 Å². The summed E-state index contributed by atoms with van der Waals surface area (Å²) in [7, 11) is 27.3. The van der Waals surface area contributed by atoms with Gasteiger partial charge in [-0.1, -0.05) is 201 Å². The Kier molecular flexibility index (Phi) is 50.9. The number of fused-ring (bicyclic) bond motifs is 9. The van der Waals surface area contributed by atoms with Crippen LogP contribution in [0.25, 0.3) is 33.4 Å². The molecule has 0 bridgehead atoms. The van der Waals surface area contributed by atoms with Crippen molar-refractivity contribution in [3.05, 3.63) is 305 Å². The van der Waals surface area contributed by atoms with Gasteiger partial charge in [0.2, 0.25) is 35.4 Å². The first kappa shape index (κ1) is 120. The molecule has 0 spiro atoms. The lowest BCUT2D eigenvalue weighted by atomic mass is 8.81. The minimum atomic E-state index is -1.08. The van der Waals surface area contributed by atoms with Crippen LogP contribution in [0.1, 0.15) is 135 Å². The molecule has 33 nitrogen and oxygen atoms in total. The molecule has 147 heavy (non-hydrogen) atoms. The zero-order valence-electron chi connectivity index (χ0n) is 82.5. The first-order valence-electron chi connectivity index (χ1n) is 46.0. The number of ether oxygens (including phenoxy) is 9. The summed E-state index contributed by atoms with van der Waals surface area (Å²) in [5.41, 5.74) is 26.2. The van der Waals surface area contributed by atoms with Crippen molar-refractivity contribution in [2.24, 2.45) is 0 Å². The molecule has 758 valence electrons. The second-order valence-electron chi connectivity index (χ2n) is 32.7. The standard InChI is InChI=1S/C36H40N4O9.C33H35N3O8.C30H30N2O7.C6H4.CH3Cl.CH4.B6/c1-21(34(44)40-30(35(45)48-4)19-23-13-15-24(16-14-23)39-31(41)17-18-32(42)47-3)37-33(43)22(2)38-36(46)49-20-29-27-11-7-5-9-25(27)26-10-6-8-12-28(26)29;1-20(34-33(41)44-19-27-25-10-6-4-8-23(25)24-9-5-7-11-26(24)27)31(39)36-28(32(40)43-3)18-21-12-14-22(15-13-21)35-29(37)16-17-30(38)42-2;1-37-28(34)16-15-27(33)31-20-13-11-19(12-14-20)17-26(29(35)38-2)32-30(36)39-18-25-23-9-5-3-7-21(23)22-8-4-6-10-24(22)25;1-3-5-6-4-2;1-2;;1-5(2)6(3)4/h5-16,21-22,29-30H,17-20H2,1-4H3,(H,37,43)(H,38,46)(H,39,41)(H,40,44);4-15,20,27-28H,16-19H2,1-3H3,(H,34,41)(H,35,37)(H,36,39);3-14,25-26H,15-18H2,1-2H3,(H,31,33)(H,32,36);1-2H2;1H3;1H4;/t21?,22?,30-;20?,28-;26-;;;;/m000..../s1. The minimum Gasteiger partial charge on any atom is -0.469 e. The van der Waals surface area contributed by atoms with Gasteiger partial charge in [-0.25, -0.2) is 28.8 Å². The fraction of sp³-hybridized carbons (Fsp3) is 0.299. The molecule has 0 aliphatic heterocycles. The Balaban J connectivity index is 0.000000316. The van der Waals surface area contributed by atoms with E-state index in [-0.39, 0.29) is 121 Å². The van der Waals surface area contributed by atoms with E-state index in [1.54, 1.807) is 72.8 Å². The SMILES string of the molecule is C.C=C=C=C=C=C.CCl.COC(=O)CCC(=O)Nc1ccc(C[C@H](NC(=O)C(C)NC(=O)C(C)NC(=O)OCC2c3ccccc3-c3ccccc32)C(=O)OC)cc1.COC(=O)CCC(=O)Nc1ccc(C[C@H](NC(=O)C(C)NC(=O)OCC2c3ccccc3-c3ccccc32)C(=O)OC)cc1.COC(=O)CCC(=O)Nc1ccc(C[C@H](NC(=O)OCC2c3ccccc3-c3ccccc32)C(=O)OC)cc1.[B]B([B])B([B])[B]. The van der Waals surface area contributed by atoms with E-state index < -0.39 is 121 Å². The van der Waals surface area contributed by atoms with Gasteiger partial charge in [0.05, 0.1) is 61.9 Å². The third-order valence-electron chi connectivity index (χ3n) is 22.7. The van der Waals surface area contributed by atoms with E-state index in [1.807, 2.05) is 133 Å². The van der Waals surface area contributed by atoms with Crippen LogP contribution in [-0.4, -0.2) is 238 Å². The van der Waals surface area contributed by atoms with Crippen LogP contribution in [0, 0.1) is 0 Å². The lowest BCUT2D eigenvalue weighted by molar-refractivity contribution is -0.145. The number of carbonyl (C=O) groups excluding carboxylic acids is 15. The van der Waals surface area contributed by atoms with Crippen molar-refractivity contribution in [3.63, 3.8) is 0 Å². The Morgan fingerprint density at radius 3 is 0.755 bits per heavy atom. The summed E-state index contributed by atoms with van der Waals surface area (Å²) in [6.07, 6.45) is -1.79. The fourth-order valence-corrected chi connectivity index (χ4v) is 15.1. The van der Waals surface area contributed by atoms with Crippen molar-refractivity contribution in [1.29, 1.82) is 0 Å². The summed E-state index contributed by atoms with van der Waals surface area (Å²) in [6.45, 7) is 11.2. The lowest BCUT2D eigenvalue weighted by Gasteiger charge is -2.22. The van der Waals surface area contributed by atoms with Gasteiger partial charge in [0.15, 0.2) is 0 Å². The van der Waals surface area contributed by atoms with Crippen LogP contribution in [0.2, 0.25) is 0 Å². The van der Waals surface area contributed by atoms with E-state index in [2.05, 4.69) is 122 Å². The minimum absolute atomic E-state index is 0. The predicted octanol–water partition coefficient (Wildman–Crippen LogP) is 11.7. The van der Waals surface area contributed by atoms with Crippen LogP contribution in [-0.2, 0) is 119 Å². The number of carbonyl (C=O) groups is 15. The van der Waals surface area contributed by atoms with E-state index in [0.29, 0.717) is 28.2 Å². The highest BCUT2D eigenvalue weighted by atomic mass is 35.5. The van der Waals surface area contributed by atoms with Gasteiger partial charge in [0.1, 0.15) is 56.1 Å². The molecule has 3 unspecified atom stereocenters. The van der Waals surface area contributed by atoms with Crippen LogP contribution in [0.5, 0.6) is 0 Å². The summed E-state index contributed by atoms with van der Waals surface area (Å²) in [5, 5.41) is 23.5. The highest BCUT2D eigenvalue weighted by Crippen LogP contribution is 2.47. The van der Waals surface area contributed by atoms with Gasteiger partial charge >= 0.3 is 54.1 Å². The number of rotatable bonds is 37. The van der Waals surface area contributed by atoms with Crippen molar-refractivity contribution in [2.45, 2.75) is 140 Å². The summed E-state index contributed by atoms with van der Waals surface area (Å²) in [5.74, 6) is -6.66. The van der Waals surface area contributed by atoms with Crippen LogP contribution < -0.4 is 47.9 Å². The molecular weight excluding hydrogens is 1900 g/mol. The number of alkyl carbamates (subject to hydrolysis) is 3. The van der Waals surface area contributed by atoms with Crippen molar-refractivity contribution in [2.75, 3.05) is 84.8 Å². The van der Waals surface area contributed by atoms with Gasteiger partial charge < -0.3 is 90.5 Å². The van der Waals surface area contributed by atoms with Crippen LogP contribution in [0.4, 0.5) is 31.4 Å². The van der Waals surface area contributed by atoms with E-state index in [9.17, 15) is 71.9 Å². The predicted molar refractivity (Wildman–Crippen MR) is 563 cm³/mol. The molecule has 0 saturated heterocycles. The van der Waals surface area contributed by atoms with Gasteiger partial charge in [0, 0.05) is 123 Å². The maximum atomic E-state index is 13.0. The number of amides is 9. The zero-order chi connectivity index (χ0) is 107. The van der Waals surface area contributed by atoms with Crippen LogP contribution in [0.15, 0.2) is 254 Å². The first-order valence-corrected chi connectivity index (χ1v) is 46.7. The summed E-state index contributed by atoms with van der Waals surface area (Å²) in [4.78, 5) is 184. The average molecular weight is 2010 g/mol. The number of hydrogen-bond donors (Lipinski definition) is 9. The number of alkyl halides is 1. The summed E-state index contributed by atoms with van der Waals surface area (Å²) in [6, 6.07) is 61.8. The Bertz CT molecular complexity index is 6040. The Morgan fingerprint density at radius 1 is 0.313 bits per heavy atom. The normalized spacial score (nSPS) is 12.1. The summed E-state index contributed by atoms with van der Waals surface area (Å²) < 4.78 is 44.8. The van der Waals surface area contributed by atoms with E-state index >= 15 is 0 Å². The molecule has 9 aromatic carbocycles. The molecule has 9 amide bonds. The Labute approximate surface area is 866 Å². The van der Waals surface area contributed by atoms with Crippen molar-refractivity contribution >= 4 is 162 Å². The highest BCUT2D eigenvalue weighted by Gasteiger charge is 2.36. The van der Waals surface area contributed by atoms with Crippen LogP contribution in [0.3, 0.4) is 0 Å². The highest BCUT2D eigenvalue weighted by molar-refractivity contribution is 7.76. The lowest BCUT2D eigenvalue weighted by Crippen LogP contribution is -2.54. The van der Waals surface area contributed by atoms with E-state index in [1.165, 1.54) is 69.8 Å². The number of methoxy groups -OCH3 is 6. The number of nitrogens with one attached hydrogen (secondary N) is 9. The number of esters is 6. The Hall–Kier alpha value is -16.0. The third-order valence-corrected chi connectivity index (χ3v) is 22.7. The monoisotopic (exact) mass is 2010 g/mol. The Morgan fingerprint density at radius 2 is 0.531 bits per heavy atom. The largest absolute Gasteiger partial charge is 0.469 e. The number of halogens is 1. The third kappa shape index (κ3) is 37.9. The number of hydrogen-bond acceptors (Lipinski definition) is 24. The second kappa shape index (κ2) is 62.5. The molecule has 12 rings (SSSR count). The molecule has 3 aliphatic carbocycles. The second-order valence-corrected chi connectivity index (χ2v) is 32.7. The molecule has 9 N–H and O–H groups in total. The molecule has 6 atom stereocenters. The molecule has 8 radical (unpaired) electrons. The van der Waals surface area contributed by atoms with Crippen molar-refractivity contribution in [1.82, 2.24) is 31.9 Å². The molecule has 0 saturated carbocycles. The van der Waals surface area contributed by atoms with Gasteiger partial charge in [-0.05, 0) is 165 Å². The summed E-state index contributed by atoms with van der Waals surface area (Å²) >= 11 is 4.64. The van der Waals surface area contributed by atoms with Gasteiger partial charge in [-0.2, -0.15) is 0 Å². The number of anilines is 3. The van der Waals surface area contributed by atoms with E-state index in [0.717, 1.165) is 72.3 Å². The van der Waals surface area contributed by atoms with Crippen molar-refractivity contribution < 1.29 is 115 Å². The molecular formula is C107H116B6ClN9O24. The molecule has 3 aliphatic rings. The van der Waals surface area contributed by atoms with Gasteiger partial charge in [-0.15, -0.1) is 11.6 Å². The van der Waals surface area contributed by atoms with Crippen molar-refractivity contribution in [3.8, 4) is 33.4 Å². The molecule has 0 fully saturated rings. The number of benzene rings is 9. The zero-order valence-corrected chi connectivity index (χ0v) is 83.3.